The zero-order valence-electron chi connectivity index (χ0n) is 17.1. The van der Waals surface area contributed by atoms with Gasteiger partial charge in [-0.2, -0.15) is 0 Å². The summed E-state index contributed by atoms with van der Waals surface area (Å²) >= 11 is 0. The number of hydrogen-bond acceptors (Lipinski definition) is 3. The van der Waals surface area contributed by atoms with Gasteiger partial charge in [-0.3, -0.25) is 15.0 Å². The molecule has 5 aromatic heterocycles. The van der Waals surface area contributed by atoms with Crippen LogP contribution in [0.25, 0.3) is 55.1 Å². The monoisotopic (exact) mass is 411 g/mol. The molecule has 2 aromatic carbocycles. The van der Waals surface area contributed by atoms with Crippen LogP contribution in [0, 0.1) is 0 Å². The van der Waals surface area contributed by atoms with Crippen LogP contribution in [-0.4, -0.2) is 24.1 Å². The lowest BCUT2D eigenvalue weighted by Crippen LogP contribution is -1.95. The van der Waals surface area contributed by atoms with Crippen LogP contribution in [-0.2, 0) is 0 Å². The van der Waals surface area contributed by atoms with Crippen LogP contribution < -0.4 is 0 Å². The average molecular weight is 411 g/mol. The van der Waals surface area contributed by atoms with Crippen molar-refractivity contribution in [2.24, 2.45) is 0 Å². The molecule has 0 aliphatic heterocycles. The quantitative estimate of drug-likeness (QED) is 0.347. The number of fused-ring (bicyclic) bond motifs is 6. The molecule has 0 amide bonds. The van der Waals surface area contributed by atoms with Gasteiger partial charge in [-0.25, -0.2) is 0 Å². The lowest BCUT2D eigenvalue weighted by atomic mass is 10.2. The second kappa shape index (κ2) is 6.49. The number of aromatic nitrogens is 5. The maximum Gasteiger partial charge on any atom is 0.0964 e. The van der Waals surface area contributed by atoms with E-state index in [4.69, 9.17) is 4.98 Å². The van der Waals surface area contributed by atoms with Crippen molar-refractivity contribution in [2.45, 2.75) is 0 Å². The van der Waals surface area contributed by atoms with Gasteiger partial charge in [0.15, 0.2) is 0 Å². The van der Waals surface area contributed by atoms with E-state index in [1.807, 2.05) is 43.1 Å². The average Bonchev–Trinajstić information content (AvgIpc) is 3.37. The first kappa shape index (κ1) is 17.2. The van der Waals surface area contributed by atoms with E-state index >= 15 is 0 Å². The largest absolute Gasteiger partial charge is 0.309 e. The molecule has 5 heteroatoms. The SMILES string of the molecule is c1ccc(-n2c3ccc(-n4c5ccncc5c5cnccc54)cc3c3ncccc32)cc1. The molecule has 7 aromatic rings. The van der Waals surface area contributed by atoms with Gasteiger partial charge in [-0.15, -0.1) is 0 Å². The predicted molar refractivity (Wildman–Crippen MR) is 129 cm³/mol. The highest BCUT2D eigenvalue weighted by Gasteiger charge is 2.16. The summed E-state index contributed by atoms with van der Waals surface area (Å²) in [6, 6.07) is 25.3. The molecule has 0 aliphatic rings. The number of hydrogen-bond donors (Lipinski definition) is 0. The summed E-state index contributed by atoms with van der Waals surface area (Å²) in [6.45, 7) is 0. The van der Waals surface area contributed by atoms with Crippen LogP contribution in [0.5, 0.6) is 0 Å². The first-order chi connectivity index (χ1) is 15.9. The molecule has 0 unspecified atom stereocenters. The molecule has 0 saturated carbocycles. The maximum atomic E-state index is 4.75. The third-order valence-electron chi connectivity index (χ3n) is 6.14. The lowest BCUT2D eigenvalue weighted by Gasteiger charge is -2.10. The Morgan fingerprint density at radius 3 is 1.94 bits per heavy atom. The lowest BCUT2D eigenvalue weighted by molar-refractivity contribution is 1.16. The highest BCUT2D eigenvalue weighted by atomic mass is 15.0. The minimum absolute atomic E-state index is 0.998. The molecule has 0 spiro atoms. The Labute approximate surface area is 183 Å². The first-order valence-electron chi connectivity index (χ1n) is 10.5. The normalized spacial score (nSPS) is 11.8. The van der Waals surface area contributed by atoms with Gasteiger partial charge in [0, 0.05) is 58.5 Å². The van der Waals surface area contributed by atoms with Crippen molar-refractivity contribution in [2.75, 3.05) is 0 Å². The van der Waals surface area contributed by atoms with Crippen LogP contribution >= 0.6 is 0 Å². The standard InChI is InChI=1S/C27H17N5/c1-2-5-18(6-3-1)31-23-9-8-19(15-20(23)27-26(31)7-4-12-30-27)32-24-10-13-28-16-21(24)22-17-29-14-11-25(22)32/h1-17H. The fourth-order valence-corrected chi connectivity index (χ4v) is 4.80. The molecule has 32 heavy (non-hydrogen) atoms. The second-order valence-electron chi connectivity index (χ2n) is 7.86. The van der Waals surface area contributed by atoms with Gasteiger partial charge in [-0.1, -0.05) is 18.2 Å². The predicted octanol–water partition coefficient (Wildman–Crippen LogP) is 6.07. The van der Waals surface area contributed by atoms with E-state index in [0.29, 0.717) is 0 Å². The van der Waals surface area contributed by atoms with Crippen molar-refractivity contribution in [3.8, 4) is 11.4 Å². The summed E-state index contributed by atoms with van der Waals surface area (Å²) in [5, 5.41) is 3.32. The zero-order valence-corrected chi connectivity index (χ0v) is 17.1. The first-order valence-corrected chi connectivity index (χ1v) is 10.5. The minimum atomic E-state index is 0.998. The Bertz CT molecular complexity index is 1720. The van der Waals surface area contributed by atoms with E-state index in [9.17, 15) is 0 Å². The Kier molecular flexibility index (Phi) is 3.49. The van der Waals surface area contributed by atoms with E-state index in [2.05, 4.69) is 79.8 Å². The molecule has 150 valence electrons. The summed E-state index contributed by atoms with van der Waals surface area (Å²) in [5.74, 6) is 0. The molecule has 0 aliphatic carbocycles. The smallest absolute Gasteiger partial charge is 0.0964 e. The van der Waals surface area contributed by atoms with Gasteiger partial charge in [-0.05, 0) is 54.6 Å². The summed E-state index contributed by atoms with van der Waals surface area (Å²) in [7, 11) is 0. The zero-order chi connectivity index (χ0) is 21.1. The van der Waals surface area contributed by atoms with E-state index < -0.39 is 0 Å². The molecule has 7 rings (SSSR count). The third kappa shape index (κ3) is 2.30. The van der Waals surface area contributed by atoms with E-state index in [-0.39, 0.29) is 0 Å². The van der Waals surface area contributed by atoms with Crippen LogP contribution in [0.15, 0.2) is 104 Å². The molecular formula is C27H17N5. The van der Waals surface area contributed by atoms with Crippen molar-refractivity contribution in [1.82, 2.24) is 24.1 Å². The maximum absolute atomic E-state index is 4.75. The van der Waals surface area contributed by atoms with Crippen LogP contribution in [0.1, 0.15) is 0 Å². The van der Waals surface area contributed by atoms with E-state index in [0.717, 1.165) is 55.1 Å². The van der Waals surface area contributed by atoms with Crippen LogP contribution in [0.3, 0.4) is 0 Å². The van der Waals surface area contributed by atoms with Crippen molar-refractivity contribution < 1.29 is 0 Å². The minimum Gasteiger partial charge on any atom is -0.309 e. The second-order valence-corrected chi connectivity index (χ2v) is 7.86. The fraction of sp³-hybridized carbons (Fsp3) is 0. The van der Waals surface area contributed by atoms with Gasteiger partial charge in [0.05, 0.1) is 27.6 Å². The molecule has 0 fully saturated rings. The fourth-order valence-electron chi connectivity index (χ4n) is 4.80. The Hall–Kier alpha value is -4.51. The van der Waals surface area contributed by atoms with E-state index in [1.165, 1.54) is 0 Å². The molecule has 5 nitrogen and oxygen atoms in total. The molecule has 5 heterocycles. The Morgan fingerprint density at radius 1 is 0.500 bits per heavy atom. The Balaban J connectivity index is 1.59. The number of para-hydroxylation sites is 1. The topological polar surface area (TPSA) is 48.5 Å². The van der Waals surface area contributed by atoms with Gasteiger partial charge < -0.3 is 9.13 Å². The highest BCUT2D eigenvalue weighted by Crippen LogP contribution is 2.35. The van der Waals surface area contributed by atoms with Crippen molar-refractivity contribution in [3.63, 3.8) is 0 Å². The highest BCUT2D eigenvalue weighted by molar-refractivity contribution is 6.10. The number of pyridine rings is 3. The van der Waals surface area contributed by atoms with Crippen molar-refractivity contribution >= 4 is 43.7 Å². The summed E-state index contributed by atoms with van der Waals surface area (Å²) in [5.41, 5.74) is 7.68. The van der Waals surface area contributed by atoms with Crippen LogP contribution in [0.2, 0.25) is 0 Å². The number of benzene rings is 2. The third-order valence-corrected chi connectivity index (χ3v) is 6.14. The van der Waals surface area contributed by atoms with Gasteiger partial charge in [0.1, 0.15) is 0 Å². The molecule has 0 atom stereocenters. The summed E-state index contributed by atoms with van der Waals surface area (Å²) < 4.78 is 4.56. The van der Waals surface area contributed by atoms with Crippen molar-refractivity contribution in [1.29, 1.82) is 0 Å². The molecule has 0 N–H and O–H groups in total. The molecule has 0 radical (unpaired) electrons. The van der Waals surface area contributed by atoms with Crippen LogP contribution in [0.4, 0.5) is 0 Å². The summed E-state index contributed by atoms with van der Waals surface area (Å²) in [4.78, 5) is 13.4. The Morgan fingerprint density at radius 2 is 1.19 bits per heavy atom. The van der Waals surface area contributed by atoms with Gasteiger partial charge in [0.2, 0.25) is 0 Å². The van der Waals surface area contributed by atoms with Gasteiger partial charge >= 0.3 is 0 Å². The molecule has 0 saturated heterocycles. The summed E-state index contributed by atoms with van der Waals surface area (Å²) in [6.07, 6.45) is 9.37. The van der Waals surface area contributed by atoms with Crippen molar-refractivity contribution in [3.05, 3.63) is 104 Å². The van der Waals surface area contributed by atoms with E-state index in [1.54, 1.807) is 0 Å². The number of nitrogens with zero attached hydrogens (tertiary/aromatic N) is 5. The molecule has 0 bridgehead atoms. The van der Waals surface area contributed by atoms with Gasteiger partial charge in [0.25, 0.3) is 0 Å². The molecular weight excluding hydrogens is 394 g/mol. The number of rotatable bonds is 2.